The predicted octanol–water partition coefficient (Wildman–Crippen LogP) is 3.39. The Morgan fingerprint density at radius 3 is 2.71 bits per heavy atom. The molecule has 2 aromatic rings. The van der Waals surface area contributed by atoms with Crippen LogP contribution in [-0.2, 0) is 13.0 Å². The molecule has 0 unspecified atom stereocenters. The fourth-order valence-corrected chi connectivity index (χ4v) is 2.58. The summed E-state index contributed by atoms with van der Waals surface area (Å²) in [6.45, 7) is 10.2. The Balaban J connectivity index is 2.23. The summed E-state index contributed by atoms with van der Waals surface area (Å²) in [5, 5.41) is 3.45. The minimum absolute atomic E-state index is 0.689. The highest BCUT2D eigenvalue weighted by molar-refractivity contribution is 5.77. The number of hydrogen-bond acceptors (Lipinski definition) is 3. The number of imidazole rings is 1. The van der Waals surface area contributed by atoms with E-state index in [1.165, 1.54) is 17.8 Å². The van der Waals surface area contributed by atoms with Crippen molar-refractivity contribution >= 4 is 11.0 Å². The second-order valence-electron chi connectivity index (χ2n) is 5.26. The summed E-state index contributed by atoms with van der Waals surface area (Å²) in [6.07, 6.45) is 3.26. The average Bonchev–Trinajstić information content (AvgIpc) is 2.82. The van der Waals surface area contributed by atoms with E-state index in [9.17, 15) is 0 Å². The average molecular weight is 289 g/mol. The number of rotatable bonds is 9. The standard InChI is InChI=1S/C17H27N3O/c1-4-10-18-11-9-17-19-15-13-14(21-6-3)7-8-16(15)20(17)12-5-2/h7-8,13,18H,4-6,9-12H2,1-3H3. The third kappa shape index (κ3) is 3.97. The molecule has 4 heteroatoms. The number of aryl methyl sites for hydroxylation is 1. The van der Waals surface area contributed by atoms with Gasteiger partial charge in [0.25, 0.3) is 0 Å². The van der Waals surface area contributed by atoms with Gasteiger partial charge in [-0.1, -0.05) is 13.8 Å². The van der Waals surface area contributed by atoms with Gasteiger partial charge in [0.2, 0.25) is 0 Å². The van der Waals surface area contributed by atoms with Crippen LogP contribution in [0.2, 0.25) is 0 Å². The Morgan fingerprint density at radius 2 is 2.00 bits per heavy atom. The number of nitrogens with one attached hydrogen (secondary N) is 1. The molecule has 0 aliphatic heterocycles. The van der Waals surface area contributed by atoms with E-state index in [0.717, 1.165) is 43.7 Å². The number of nitrogens with zero attached hydrogens (tertiary/aromatic N) is 2. The van der Waals surface area contributed by atoms with Crippen molar-refractivity contribution in [3.63, 3.8) is 0 Å². The van der Waals surface area contributed by atoms with E-state index in [1.807, 2.05) is 19.1 Å². The van der Waals surface area contributed by atoms with Crippen LogP contribution in [0.25, 0.3) is 11.0 Å². The smallest absolute Gasteiger partial charge is 0.121 e. The molecule has 1 N–H and O–H groups in total. The second kappa shape index (κ2) is 8.03. The van der Waals surface area contributed by atoms with Crippen LogP contribution < -0.4 is 10.1 Å². The largest absolute Gasteiger partial charge is 0.494 e. The highest BCUT2D eigenvalue weighted by Crippen LogP contribution is 2.22. The van der Waals surface area contributed by atoms with Gasteiger partial charge in [0.1, 0.15) is 11.6 Å². The van der Waals surface area contributed by atoms with Crippen LogP contribution in [0.3, 0.4) is 0 Å². The van der Waals surface area contributed by atoms with E-state index >= 15 is 0 Å². The van der Waals surface area contributed by atoms with Crippen molar-refractivity contribution in [1.82, 2.24) is 14.9 Å². The molecule has 0 spiro atoms. The SMILES string of the molecule is CCCNCCc1nc2cc(OCC)ccc2n1CCC. The van der Waals surface area contributed by atoms with Crippen LogP contribution >= 0.6 is 0 Å². The number of benzene rings is 1. The van der Waals surface area contributed by atoms with Gasteiger partial charge in [-0.2, -0.15) is 0 Å². The summed E-state index contributed by atoms with van der Waals surface area (Å²) in [4.78, 5) is 4.81. The first-order chi connectivity index (χ1) is 10.3. The minimum atomic E-state index is 0.689. The Labute approximate surface area is 127 Å². The molecule has 1 aromatic carbocycles. The topological polar surface area (TPSA) is 39.1 Å². The van der Waals surface area contributed by atoms with Crippen LogP contribution in [0.5, 0.6) is 5.75 Å². The maximum absolute atomic E-state index is 5.57. The molecule has 0 amide bonds. The molecular weight excluding hydrogens is 262 g/mol. The van der Waals surface area contributed by atoms with Crippen molar-refractivity contribution in [2.24, 2.45) is 0 Å². The Kier molecular flexibility index (Phi) is 6.05. The molecule has 0 bridgehead atoms. The highest BCUT2D eigenvalue weighted by Gasteiger charge is 2.10. The predicted molar refractivity (Wildman–Crippen MR) is 88.1 cm³/mol. The van der Waals surface area contributed by atoms with Crippen LogP contribution in [0.4, 0.5) is 0 Å². The summed E-state index contributed by atoms with van der Waals surface area (Å²) in [5.41, 5.74) is 2.26. The van der Waals surface area contributed by atoms with E-state index in [4.69, 9.17) is 9.72 Å². The fraction of sp³-hybridized carbons (Fsp3) is 0.588. The third-order valence-corrected chi connectivity index (χ3v) is 3.51. The molecule has 0 radical (unpaired) electrons. The van der Waals surface area contributed by atoms with Crippen molar-refractivity contribution < 1.29 is 4.74 Å². The van der Waals surface area contributed by atoms with Gasteiger partial charge in [-0.25, -0.2) is 4.98 Å². The van der Waals surface area contributed by atoms with E-state index in [1.54, 1.807) is 0 Å². The van der Waals surface area contributed by atoms with Gasteiger partial charge in [0.05, 0.1) is 17.6 Å². The van der Waals surface area contributed by atoms with Crippen molar-refractivity contribution in [1.29, 1.82) is 0 Å². The maximum Gasteiger partial charge on any atom is 0.121 e. The number of aromatic nitrogens is 2. The highest BCUT2D eigenvalue weighted by atomic mass is 16.5. The number of hydrogen-bond donors (Lipinski definition) is 1. The van der Waals surface area contributed by atoms with E-state index in [2.05, 4.69) is 29.8 Å². The van der Waals surface area contributed by atoms with Gasteiger partial charge in [0.15, 0.2) is 0 Å². The van der Waals surface area contributed by atoms with Crippen molar-refractivity contribution in [3.05, 3.63) is 24.0 Å². The first-order valence-corrected chi connectivity index (χ1v) is 8.12. The quantitative estimate of drug-likeness (QED) is 0.719. The lowest BCUT2D eigenvalue weighted by molar-refractivity contribution is 0.340. The van der Waals surface area contributed by atoms with Crippen LogP contribution in [0.1, 0.15) is 39.4 Å². The summed E-state index contributed by atoms with van der Waals surface area (Å²) in [7, 11) is 0. The first kappa shape index (κ1) is 15.8. The lowest BCUT2D eigenvalue weighted by Crippen LogP contribution is -2.19. The monoisotopic (exact) mass is 289 g/mol. The zero-order valence-electron chi connectivity index (χ0n) is 13.5. The van der Waals surface area contributed by atoms with E-state index in [-0.39, 0.29) is 0 Å². The summed E-state index contributed by atoms with van der Waals surface area (Å²) >= 11 is 0. The van der Waals surface area contributed by atoms with E-state index in [0.29, 0.717) is 6.61 Å². The maximum atomic E-state index is 5.57. The fourth-order valence-electron chi connectivity index (χ4n) is 2.58. The molecule has 0 saturated carbocycles. The summed E-state index contributed by atoms with van der Waals surface area (Å²) in [6, 6.07) is 6.22. The van der Waals surface area contributed by atoms with Gasteiger partial charge in [-0.15, -0.1) is 0 Å². The minimum Gasteiger partial charge on any atom is -0.494 e. The molecule has 116 valence electrons. The third-order valence-electron chi connectivity index (χ3n) is 3.51. The van der Waals surface area contributed by atoms with Gasteiger partial charge >= 0.3 is 0 Å². The lowest BCUT2D eigenvalue weighted by Gasteiger charge is -2.08. The van der Waals surface area contributed by atoms with Crippen LogP contribution in [0.15, 0.2) is 18.2 Å². The van der Waals surface area contributed by atoms with Crippen molar-refractivity contribution in [3.8, 4) is 5.75 Å². The van der Waals surface area contributed by atoms with Crippen molar-refractivity contribution in [2.45, 2.75) is 46.6 Å². The molecular formula is C17H27N3O. The number of fused-ring (bicyclic) bond motifs is 1. The van der Waals surface area contributed by atoms with Crippen molar-refractivity contribution in [2.75, 3.05) is 19.7 Å². The van der Waals surface area contributed by atoms with Gasteiger partial charge in [-0.3, -0.25) is 0 Å². The molecule has 1 aromatic heterocycles. The second-order valence-corrected chi connectivity index (χ2v) is 5.26. The van der Waals surface area contributed by atoms with Gasteiger partial charge in [0, 0.05) is 25.6 Å². The molecule has 4 nitrogen and oxygen atoms in total. The molecule has 2 rings (SSSR count). The van der Waals surface area contributed by atoms with Crippen LogP contribution in [0, 0.1) is 0 Å². The lowest BCUT2D eigenvalue weighted by atomic mass is 10.3. The molecule has 1 heterocycles. The summed E-state index contributed by atoms with van der Waals surface area (Å²) < 4.78 is 7.92. The van der Waals surface area contributed by atoms with Gasteiger partial charge < -0.3 is 14.6 Å². The molecule has 0 aliphatic rings. The number of ether oxygens (including phenoxy) is 1. The normalized spacial score (nSPS) is 11.2. The van der Waals surface area contributed by atoms with Crippen LogP contribution in [-0.4, -0.2) is 29.2 Å². The first-order valence-electron chi connectivity index (χ1n) is 8.12. The molecule has 0 saturated heterocycles. The van der Waals surface area contributed by atoms with E-state index < -0.39 is 0 Å². The molecule has 0 atom stereocenters. The Morgan fingerprint density at radius 1 is 1.14 bits per heavy atom. The summed E-state index contributed by atoms with van der Waals surface area (Å²) in [5.74, 6) is 2.07. The van der Waals surface area contributed by atoms with Gasteiger partial charge in [-0.05, 0) is 38.4 Å². The Bertz CT molecular complexity index is 562. The molecule has 0 fully saturated rings. The molecule has 0 aliphatic carbocycles. The zero-order chi connectivity index (χ0) is 15.1. The Hall–Kier alpha value is -1.55. The zero-order valence-corrected chi connectivity index (χ0v) is 13.5. The molecule has 21 heavy (non-hydrogen) atoms.